The topological polar surface area (TPSA) is 112 Å². The Kier molecular flexibility index (Phi) is 22.0. The van der Waals surface area contributed by atoms with Crippen molar-refractivity contribution in [3.63, 3.8) is 0 Å². The quantitative estimate of drug-likeness (QED) is 0.234. The molecule has 0 bridgehead atoms. The van der Waals surface area contributed by atoms with Gasteiger partial charge >= 0.3 is 0 Å². The van der Waals surface area contributed by atoms with Crippen LogP contribution in [-0.2, 0) is 31.5 Å². The maximum Gasteiger partial charge on any atom is 0.170 e. The van der Waals surface area contributed by atoms with Gasteiger partial charge in [-0.3, -0.25) is 14.4 Å². The van der Waals surface area contributed by atoms with Crippen LogP contribution in [0.4, 0.5) is 0 Å². The first-order valence-electron chi connectivity index (χ1n) is 6.35. The minimum absolute atomic E-state index is 0. The molecule has 0 aliphatic heterocycles. The molecule has 0 rings (SSSR count). The fourth-order valence-corrected chi connectivity index (χ4v) is 0.764. The summed E-state index contributed by atoms with van der Waals surface area (Å²) in [4.78, 5) is 31.0. The molecule has 0 fully saturated rings. The van der Waals surface area contributed by atoms with Crippen LogP contribution in [0.2, 0.25) is 0 Å². The molecule has 0 unspecified atom stereocenters. The van der Waals surface area contributed by atoms with Crippen molar-refractivity contribution in [3.05, 3.63) is 30.7 Å². The van der Waals surface area contributed by atoms with Crippen molar-refractivity contribution in [1.29, 1.82) is 0 Å². The number of carbonyl (C=O) groups excluding carboxylic acids is 3. The van der Waals surface area contributed by atoms with E-state index in [1.807, 2.05) is 0 Å². The van der Waals surface area contributed by atoms with E-state index in [1.54, 1.807) is 0 Å². The minimum atomic E-state index is -0.162. The first-order chi connectivity index (χ1) is 10.7. The van der Waals surface area contributed by atoms with Crippen LogP contribution in [0.1, 0.15) is 41.5 Å². The molecule has 0 radical (unpaired) electrons. The average molecular weight is 593 g/mol. The minimum Gasteiger partial charge on any atom is -0.511 e. The van der Waals surface area contributed by atoms with Crippen LogP contribution in [0.15, 0.2) is 30.7 Å². The van der Waals surface area contributed by atoms with E-state index < -0.39 is 0 Å². The summed E-state index contributed by atoms with van der Waals surface area (Å²) in [6, 6.07) is 0. The summed E-state index contributed by atoms with van der Waals surface area (Å²) in [6.07, 6.45) is 0. The Bertz CT molecular complexity index is 487. The molecule has 10 heteroatoms. The Morgan fingerprint density at radius 1 is 0.520 bits per heavy atom. The summed E-state index contributed by atoms with van der Waals surface area (Å²) in [5.41, 5.74) is 0. The van der Waals surface area contributed by atoms with Crippen molar-refractivity contribution >= 4 is 65.1 Å². The van der Waals surface area contributed by atoms with Crippen LogP contribution in [0.5, 0.6) is 0 Å². The van der Waals surface area contributed by atoms with Gasteiger partial charge in [0, 0.05) is 17.1 Å². The molecular weight excluding hydrogens is 572 g/mol. The average Bonchev–Trinajstić information content (AvgIpc) is 2.45. The number of ketones is 3. The molecule has 0 aromatic rings. The van der Waals surface area contributed by atoms with Gasteiger partial charge in [0.05, 0.1) is 13.4 Å². The Balaban J connectivity index is -0.000000130. The maximum absolute atomic E-state index is 10.3. The molecule has 6 nitrogen and oxygen atoms in total. The molecule has 146 valence electrons. The summed E-state index contributed by atoms with van der Waals surface area (Å²) in [7, 11) is 0. The first kappa shape index (κ1) is 32.3. The zero-order valence-electron chi connectivity index (χ0n) is 14.6. The predicted octanol–water partition coefficient (Wildman–Crippen LogP) is 5.28. The van der Waals surface area contributed by atoms with Crippen molar-refractivity contribution in [3.8, 4) is 0 Å². The SMILES string of the molecule is CC(=O)/C(Br)=C(/C)O.CC(=O)/C(Br)=C(/C)O.CC(=O)/C(Br)=C(/C)O.[Fe]. The van der Waals surface area contributed by atoms with E-state index >= 15 is 0 Å². The standard InChI is InChI=1S/3C5H7BrO2.Fe/c3*1-3(7)5(6)4(2)8;/h3*7H,1-2H3;/b3*5-3+;. The summed E-state index contributed by atoms with van der Waals surface area (Å²) >= 11 is 8.66. The fraction of sp³-hybridized carbons (Fsp3) is 0.400. The number of rotatable bonds is 3. The third-order valence-electron chi connectivity index (χ3n) is 1.88. The molecule has 0 heterocycles. The van der Waals surface area contributed by atoms with Gasteiger partial charge in [-0.05, 0) is 89.3 Å². The summed E-state index contributed by atoms with van der Waals surface area (Å²) < 4.78 is 0.743. The van der Waals surface area contributed by atoms with Crippen molar-refractivity contribution in [2.24, 2.45) is 0 Å². The van der Waals surface area contributed by atoms with Crippen LogP contribution >= 0.6 is 47.8 Å². The summed E-state index contributed by atoms with van der Waals surface area (Å²) in [6.45, 7) is 8.49. The van der Waals surface area contributed by atoms with Crippen molar-refractivity contribution in [2.45, 2.75) is 41.5 Å². The smallest absolute Gasteiger partial charge is 0.170 e. The molecule has 0 saturated carbocycles. The van der Waals surface area contributed by atoms with Crippen molar-refractivity contribution in [1.82, 2.24) is 0 Å². The Morgan fingerprint density at radius 3 is 0.640 bits per heavy atom. The van der Waals surface area contributed by atoms with Crippen LogP contribution in [0.3, 0.4) is 0 Å². The molecule has 3 N–H and O–H groups in total. The molecule has 0 aliphatic carbocycles. The molecule has 25 heavy (non-hydrogen) atoms. The third-order valence-corrected chi connectivity index (χ3v) is 5.28. The number of allylic oxidation sites excluding steroid dienone is 6. The van der Waals surface area contributed by atoms with Crippen LogP contribution < -0.4 is 0 Å². The number of aliphatic hydroxyl groups is 3. The first-order valence-corrected chi connectivity index (χ1v) is 8.73. The van der Waals surface area contributed by atoms with E-state index in [2.05, 4.69) is 47.8 Å². The number of halogens is 3. The molecule has 0 aliphatic rings. The van der Waals surface area contributed by atoms with E-state index in [1.165, 1.54) is 41.5 Å². The predicted molar refractivity (Wildman–Crippen MR) is 105 cm³/mol. The van der Waals surface area contributed by atoms with Gasteiger partial charge < -0.3 is 15.3 Å². The van der Waals surface area contributed by atoms with E-state index in [9.17, 15) is 14.4 Å². The largest absolute Gasteiger partial charge is 0.511 e. The molecule has 0 saturated heterocycles. The molecule has 0 aromatic carbocycles. The molecule has 0 atom stereocenters. The molecule has 0 spiro atoms. The fourth-order valence-electron chi connectivity index (χ4n) is 0.764. The Morgan fingerprint density at radius 2 is 0.640 bits per heavy atom. The number of carbonyl (C=O) groups is 3. The molecule has 0 aromatic heterocycles. The van der Waals surface area contributed by atoms with Gasteiger partial charge in [0.25, 0.3) is 0 Å². The number of aliphatic hydroxyl groups excluding tert-OH is 3. The van der Waals surface area contributed by atoms with E-state index in [0.717, 1.165) is 0 Å². The number of hydrogen-bond donors (Lipinski definition) is 3. The van der Waals surface area contributed by atoms with Gasteiger partial charge in [-0.25, -0.2) is 0 Å². The second-order valence-corrected chi connectivity index (χ2v) is 6.75. The van der Waals surface area contributed by atoms with Gasteiger partial charge in [0.1, 0.15) is 17.3 Å². The van der Waals surface area contributed by atoms with E-state index in [0.29, 0.717) is 0 Å². The van der Waals surface area contributed by atoms with Crippen molar-refractivity contribution < 1.29 is 46.8 Å². The second-order valence-electron chi connectivity index (χ2n) is 4.37. The Hall–Kier alpha value is -0.411. The summed E-state index contributed by atoms with van der Waals surface area (Å²) in [5.74, 6) is -0.410. The third kappa shape index (κ3) is 19.8. The molecule has 0 amide bonds. The van der Waals surface area contributed by atoms with Crippen LogP contribution in [0.25, 0.3) is 0 Å². The van der Waals surface area contributed by atoms with Crippen LogP contribution in [-0.4, -0.2) is 32.7 Å². The van der Waals surface area contributed by atoms with Crippen LogP contribution in [0, 0.1) is 0 Å². The number of Topliss-reactive ketones (excluding diaryl/α,β-unsaturated/α-hetero) is 3. The van der Waals surface area contributed by atoms with E-state index in [-0.39, 0.29) is 65.1 Å². The van der Waals surface area contributed by atoms with Gasteiger partial charge in [0.15, 0.2) is 17.3 Å². The van der Waals surface area contributed by atoms with Crippen molar-refractivity contribution in [2.75, 3.05) is 0 Å². The van der Waals surface area contributed by atoms with Gasteiger partial charge in [-0.15, -0.1) is 0 Å². The Labute approximate surface area is 183 Å². The van der Waals surface area contributed by atoms with Gasteiger partial charge in [0.2, 0.25) is 0 Å². The molecular formula is C15H21Br3FeO6. The van der Waals surface area contributed by atoms with E-state index in [4.69, 9.17) is 15.3 Å². The second kappa shape index (κ2) is 17.0. The zero-order valence-corrected chi connectivity index (χ0v) is 20.4. The number of hydrogen-bond acceptors (Lipinski definition) is 6. The monoisotopic (exact) mass is 590 g/mol. The zero-order chi connectivity index (χ0) is 20.2. The van der Waals surface area contributed by atoms with Gasteiger partial charge in [-0.2, -0.15) is 0 Å². The maximum atomic E-state index is 10.3. The van der Waals surface area contributed by atoms with Gasteiger partial charge in [-0.1, -0.05) is 0 Å². The summed E-state index contributed by atoms with van der Waals surface area (Å²) in [5, 5.41) is 25.8. The normalized spacial score (nSPS) is 12.4.